The van der Waals surface area contributed by atoms with E-state index in [-0.39, 0.29) is 0 Å². The fourth-order valence-corrected chi connectivity index (χ4v) is 2.45. The number of likely N-dealkylation sites (tertiary alicyclic amines) is 1. The van der Waals surface area contributed by atoms with Gasteiger partial charge in [-0.15, -0.1) is 0 Å². The lowest BCUT2D eigenvalue weighted by molar-refractivity contribution is 0.160. The first-order valence-corrected chi connectivity index (χ1v) is 6.68. The van der Waals surface area contributed by atoms with E-state index in [1.54, 1.807) is 0 Å². The maximum atomic E-state index is 5.56. The van der Waals surface area contributed by atoms with E-state index in [2.05, 4.69) is 30.1 Å². The third-order valence-corrected chi connectivity index (χ3v) is 3.62. The molecule has 1 aromatic heterocycles. The number of hydrogen-bond donors (Lipinski definition) is 1. The second-order valence-corrected chi connectivity index (χ2v) is 5.30. The van der Waals surface area contributed by atoms with Gasteiger partial charge in [-0.25, -0.2) is 0 Å². The Kier molecular flexibility index (Phi) is 4.24. The summed E-state index contributed by atoms with van der Waals surface area (Å²) < 4.78 is 5.56. The quantitative estimate of drug-likeness (QED) is 0.871. The standard InChI is InChI=1S/C14H24N2O/c1-11(2)16-8-6-13(7-9-16)15-10-14-5-4-12(3)17-14/h4-5,11,13,15H,6-10H2,1-3H3. The molecule has 0 spiro atoms. The maximum Gasteiger partial charge on any atom is 0.117 e. The molecular weight excluding hydrogens is 212 g/mol. The average molecular weight is 236 g/mol. The third kappa shape index (κ3) is 3.58. The topological polar surface area (TPSA) is 28.4 Å². The molecule has 2 heterocycles. The molecule has 0 unspecified atom stereocenters. The molecular formula is C14H24N2O. The Morgan fingerprint density at radius 3 is 2.59 bits per heavy atom. The zero-order valence-electron chi connectivity index (χ0n) is 11.2. The molecule has 1 aliphatic rings. The van der Waals surface area contributed by atoms with Gasteiger partial charge >= 0.3 is 0 Å². The van der Waals surface area contributed by atoms with E-state index in [4.69, 9.17) is 4.42 Å². The largest absolute Gasteiger partial charge is 0.465 e. The summed E-state index contributed by atoms with van der Waals surface area (Å²) >= 11 is 0. The van der Waals surface area contributed by atoms with Crippen LogP contribution in [0.15, 0.2) is 16.5 Å². The van der Waals surface area contributed by atoms with E-state index in [1.807, 2.05) is 13.0 Å². The second-order valence-electron chi connectivity index (χ2n) is 5.30. The highest BCUT2D eigenvalue weighted by Crippen LogP contribution is 2.14. The summed E-state index contributed by atoms with van der Waals surface area (Å²) in [5.74, 6) is 2.05. The van der Waals surface area contributed by atoms with Crippen molar-refractivity contribution in [2.45, 2.75) is 52.2 Å². The van der Waals surface area contributed by atoms with Crippen molar-refractivity contribution < 1.29 is 4.42 Å². The number of rotatable bonds is 4. The van der Waals surface area contributed by atoms with Crippen molar-refractivity contribution in [2.24, 2.45) is 0 Å². The van der Waals surface area contributed by atoms with Crippen LogP contribution in [0.4, 0.5) is 0 Å². The molecule has 3 heteroatoms. The highest BCUT2D eigenvalue weighted by Gasteiger charge is 2.20. The molecule has 96 valence electrons. The van der Waals surface area contributed by atoms with Gasteiger partial charge in [0.05, 0.1) is 6.54 Å². The molecule has 0 aromatic carbocycles. The van der Waals surface area contributed by atoms with E-state index < -0.39 is 0 Å². The van der Waals surface area contributed by atoms with Gasteiger partial charge in [0.25, 0.3) is 0 Å². The number of nitrogens with one attached hydrogen (secondary N) is 1. The van der Waals surface area contributed by atoms with Gasteiger partial charge in [-0.1, -0.05) is 0 Å². The van der Waals surface area contributed by atoms with Gasteiger partial charge in [0, 0.05) is 12.1 Å². The number of piperidine rings is 1. The Morgan fingerprint density at radius 2 is 2.06 bits per heavy atom. The van der Waals surface area contributed by atoms with Crippen molar-refractivity contribution in [2.75, 3.05) is 13.1 Å². The van der Waals surface area contributed by atoms with Crippen LogP contribution in [0.2, 0.25) is 0 Å². The highest BCUT2D eigenvalue weighted by molar-refractivity contribution is 5.05. The number of aryl methyl sites for hydroxylation is 1. The molecule has 0 aliphatic carbocycles. The van der Waals surface area contributed by atoms with Crippen molar-refractivity contribution in [1.82, 2.24) is 10.2 Å². The normalized spacial score (nSPS) is 19.1. The summed E-state index contributed by atoms with van der Waals surface area (Å²) in [6, 6.07) is 5.42. The van der Waals surface area contributed by atoms with Gasteiger partial charge in [-0.2, -0.15) is 0 Å². The molecule has 2 rings (SSSR count). The number of hydrogen-bond acceptors (Lipinski definition) is 3. The van der Waals surface area contributed by atoms with Crippen LogP contribution in [-0.2, 0) is 6.54 Å². The lowest BCUT2D eigenvalue weighted by atomic mass is 10.0. The second kappa shape index (κ2) is 5.69. The van der Waals surface area contributed by atoms with Crippen molar-refractivity contribution in [3.8, 4) is 0 Å². The van der Waals surface area contributed by atoms with Crippen LogP contribution in [-0.4, -0.2) is 30.1 Å². The monoisotopic (exact) mass is 236 g/mol. The van der Waals surface area contributed by atoms with Crippen LogP contribution in [0.5, 0.6) is 0 Å². The Bertz CT molecular complexity index is 338. The molecule has 0 amide bonds. The molecule has 17 heavy (non-hydrogen) atoms. The van der Waals surface area contributed by atoms with Crippen LogP contribution in [0.25, 0.3) is 0 Å². The molecule has 0 saturated carbocycles. The van der Waals surface area contributed by atoms with Gasteiger partial charge in [0.2, 0.25) is 0 Å². The van der Waals surface area contributed by atoms with E-state index in [1.165, 1.54) is 25.9 Å². The first-order chi connectivity index (χ1) is 8.15. The minimum Gasteiger partial charge on any atom is -0.465 e. The lowest BCUT2D eigenvalue weighted by Gasteiger charge is -2.34. The third-order valence-electron chi connectivity index (χ3n) is 3.62. The first kappa shape index (κ1) is 12.7. The Hall–Kier alpha value is -0.800. The smallest absolute Gasteiger partial charge is 0.117 e. The van der Waals surface area contributed by atoms with Crippen molar-refractivity contribution >= 4 is 0 Å². The minimum atomic E-state index is 0.649. The Labute approximate surface area is 104 Å². The summed E-state index contributed by atoms with van der Waals surface area (Å²) in [5.41, 5.74) is 0. The van der Waals surface area contributed by atoms with Gasteiger partial charge in [0.15, 0.2) is 0 Å². The van der Waals surface area contributed by atoms with Gasteiger partial charge in [-0.3, -0.25) is 0 Å². The molecule has 1 N–H and O–H groups in total. The van der Waals surface area contributed by atoms with Gasteiger partial charge < -0.3 is 14.6 Å². The summed E-state index contributed by atoms with van der Waals surface area (Å²) in [6.07, 6.45) is 2.50. The van der Waals surface area contributed by atoms with E-state index >= 15 is 0 Å². The van der Waals surface area contributed by atoms with Crippen molar-refractivity contribution in [3.63, 3.8) is 0 Å². The molecule has 3 nitrogen and oxygen atoms in total. The zero-order valence-corrected chi connectivity index (χ0v) is 11.2. The van der Waals surface area contributed by atoms with Crippen LogP contribution < -0.4 is 5.32 Å². The first-order valence-electron chi connectivity index (χ1n) is 6.68. The lowest BCUT2D eigenvalue weighted by Crippen LogP contribution is -2.44. The van der Waals surface area contributed by atoms with Crippen LogP contribution in [0.3, 0.4) is 0 Å². The predicted octanol–water partition coefficient (Wildman–Crippen LogP) is 2.55. The molecule has 0 radical (unpaired) electrons. The molecule has 0 atom stereocenters. The molecule has 1 fully saturated rings. The SMILES string of the molecule is Cc1ccc(CNC2CCN(C(C)C)CC2)o1. The summed E-state index contributed by atoms with van der Waals surface area (Å²) in [4.78, 5) is 2.55. The van der Waals surface area contributed by atoms with Crippen molar-refractivity contribution in [3.05, 3.63) is 23.7 Å². The average Bonchev–Trinajstić information content (AvgIpc) is 2.73. The van der Waals surface area contributed by atoms with Crippen LogP contribution in [0, 0.1) is 6.92 Å². The van der Waals surface area contributed by atoms with E-state index in [0.29, 0.717) is 12.1 Å². The van der Waals surface area contributed by atoms with Gasteiger partial charge in [0.1, 0.15) is 11.5 Å². The molecule has 1 saturated heterocycles. The predicted molar refractivity (Wildman–Crippen MR) is 70.0 cm³/mol. The van der Waals surface area contributed by atoms with Crippen LogP contribution in [0.1, 0.15) is 38.2 Å². The molecule has 1 aromatic rings. The summed E-state index contributed by atoms with van der Waals surface area (Å²) in [6.45, 7) is 9.84. The maximum absolute atomic E-state index is 5.56. The minimum absolute atomic E-state index is 0.649. The zero-order chi connectivity index (χ0) is 12.3. The van der Waals surface area contributed by atoms with E-state index in [0.717, 1.165) is 18.1 Å². The Morgan fingerprint density at radius 1 is 1.35 bits per heavy atom. The molecule has 1 aliphatic heterocycles. The Balaban J connectivity index is 1.71. The van der Waals surface area contributed by atoms with Crippen LogP contribution >= 0.6 is 0 Å². The summed E-state index contributed by atoms with van der Waals surface area (Å²) in [5, 5.41) is 3.59. The number of nitrogens with zero attached hydrogens (tertiary/aromatic N) is 1. The highest BCUT2D eigenvalue weighted by atomic mass is 16.3. The number of furan rings is 1. The fraction of sp³-hybridized carbons (Fsp3) is 0.714. The molecule has 0 bridgehead atoms. The van der Waals surface area contributed by atoms with E-state index in [9.17, 15) is 0 Å². The summed E-state index contributed by atoms with van der Waals surface area (Å²) in [7, 11) is 0. The fourth-order valence-electron chi connectivity index (χ4n) is 2.45. The van der Waals surface area contributed by atoms with Crippen molar-refractivity contribution in [1.29, 1.82) is 0 Å². The van der Waals surface area contributed by atoms with Gasteiger partial charge in [-0.05, 0) is 58.8 Å².